The third-order valence-electron chi connectivity index (χ3n) is 3.35. The van der Waals surface area contributed by atoms with Crippen molar-refractivity contribution >= 4 is 16.7 Å². The number of hydrogen-bond acceptors (Lipinski definition) is 3. The first-order chi connectivity index (χ1) is 9.22. The summed E-state index contributed by atoms with van der Waals surface area (Å²) >= 11 is 0. The number of hydrogen-bond donors (Lipinski definition) is 0. The maximum atomic E-state index is 11.3. The number of ether oxygens (including phenoxy) is 1. The van der Waals surface area contributed by atoms with E-state index in [1.165, 1.54) is 6.92 Å². The summed E-state index contributed by atoms with van der Waals surface area (Å²) in [6, 6.07) is 11.1. The van der Waals surface area contributed by atoms with Crippen molar-refractivity contribution in [1.82, 2.24) is 0 Å². The Bertz CT molecular complexity index is 714. The fourth-order valence-corrected chi connectivity index (χ4v) is 2.70. The molecule has 2 atom stereocenters. The lowest BCUT2D eigenvalue weighted by molar-refractivity contribution is -0.147. The van der Waals surface area contributed by atoms with Gasteiger partial charge in [0, 0.05) is 17.4 Å². The van der Waals surface area contributed by atoms with Crippen molar-refractivity contribution in [3.05, 3.63) is 58.0 Å². The first kappa shape index (κ1) is 11.6. The second-order valence-electron chi connectivity index (χ2n) is 4.47. The zero-order valence-corrected chi connectivity index (χ0v) is 10.3. The highest BCUT2D eigenvalue weighted by Crippen LogP contribution is 2.48. The molecule has 0 bridgehead atoms. The molecule has 2 aromatic carbocycles. The van der Waals surface area contributed by atoms with E-state index in [1.807, 2.05) is 36.4 Å². The maximum absolute atomic E-state index is 11.3. The number of esters is 1. The third kappa shape index (κ3) is 1.72. The van der Waals surface area contributed by atoms with E-state index in [-0.39, 0.29) is 5.97 Å². The summed E-state index contributed by atoms with van der Waals surface area (Å²) in [6.45, 7) is 1.36. The van der Waals surface area contributed by atoms with Gasteiger partial charge in [-0.1, -0.05) is 41.5 Å². The molecular weight excluding hydrogens is 242 g/mol. The highest BCUT2D eigenvalue weighted by molar-refractivity contribution is 5.92. The van der Waals surface area contributed by atoms with Gasteiger partial charge in [0.2, 0.25) is 0 Å². The molecule has 2 aromatic rings. The molecule has 0 heterocycles. The Hall–Kier alpha value is -2.52. The van der Waals surface area contributed by atoms with Gasteiger partial charge in [0.05, 0.1) is 0 Å². The van der Waals surface area contributed by atoms with Crippen LogP contribution in [-0.2, 0) is 9.53 Å². The largest absolute Gasteiger partial charge is 0.457 e. The quantitative estimate of drug-likeness (QED) is 0.353. The number of rotatable bonds is 2. The van der Waals surface area contributed by atoms with Gasteiger partial charge in [-0.05, 0) is 21.9 Å². The van der Waals surface area contributed by atoms with Crippen molar-refractivity contribution in [3.63, 3.8) is 0 Å². The molecule has 0 aromatic heterocycles. The SMILES string of the molecule is CC(=O)O[C@@H]1c2cccc3cccc(c23)[C@@H]1N=[N+]=[N-]. The van der Waals surface area contributed by atoms with Crippen molar-refractivity contribution in [2.24, 2.45) is 5.11 Å². The summed E-state index contributed by atoms with van der Waals surface area (Å²) in [5.41, 5.74) is 10.5. The zero-order chi connectivity index (χ0) is 13.4. The lowest BCUT2D eigenvalue weighted by Crippen LogP contribution is -2.11. The van der Waals surface area contributed by atoms with Gasteiger partial charge < -0.3 is 4.74 Å². The minimum Gasteiger partial charge on any atom is -0.457 e. The van der Waals surface area contributed by atoms with Gasteiger partial charge in [0.1, 0.15) is 12.1 Å². The standard InChI is InChI=1S/C14H11N3O2/c1-8(18)19-14-11-7-3-5-9-4-2-6-10(12(9)11)13(14)16-17-15/h2-7,13-14H,1H3/t13-,14+/m0/s1. The Morgan fingerprint density at radius 2 is 1.95 bits per heavy atom. The summed E-state index contributed by atoms with van der Waals surface area (Å²) < 4.78 is 5.35. The van der Waals surface area contributed by atoms with Gasteiger partial charge in [-0.15, -0.1) is 0 Å². The topological polar surface area (TPSA) is 75.1 Å². The van der Waals surface area contributed by atoms with Crippen LogP contribution < -0.4 is 0 Å². The molecule has 0 fully saturated rings. The number of carbonyl (C=O) groups is 1. The molecule has 0 N–H and O–H groups in total. The minimum absolute atomic E-state index is 0.382. The monoisotopic (exact) mass is 253 g/mol. The molecule has 0 radical (unpaired) electrons. The fraction of sp³-hybridized carbons (Fsp3) is 0.214. The lowest BCUT2D eigenvalue weighted by atomic mass is 10.1. The van der Waals surface area contributed by atoms with Crippen molar-refractivity contribution in [2.75, 3.05) is 0 Å². The van der Waals surface area contributed by atoms with E-state index in [1.54, 1.807) is 0 Å². The van der Waals surface area contributed by atoms with Crippen molar-refractivity contribution < 1.29 is 9.53 Å². The van der Waals surface area contributed by atoms with Crippen molar-refractivity contribution in [1.29, 1.82) is 0 Å². The molecule has 3 rings (SSSR count). The fourth-order valence-electron chi connectivity index (χ4n) is 2.70. The maximum Gasteiger partial charge on any atom is 0.303 e. The van der Waals surface area contributed by atoms with Crippen LogP contribution in [-0.4, -0.2) is 5.97 Å². The molecule has 5 heteroatoms. The predicted molar refractivity (Wildman–Crippen MR) is 70.3 cm³/mol. The number of azide groups is 1. The first-order valence-electron chi connectivity index (χ1n) is 5.95. The van der Waals surface area contributed by atoms with Crippen LogP contribution in [0.3, 0.4) is 0 Å². The van der Waals surface area contributed by atoms with E-state index in [4.69, 9.17) is 10.3 Å². The predicted octanol–water partition coefficient (Wildman–Crippen LogP) is 3.81. The molecular formula is C14H11N3O2. The first-order valence-corrected chi connectivity index (χ1v) is 5.95. The van der Waals surface area contributed by atoms with E-state index in [2.05, 4.69) is 10.0 Å². The summed E-state index contributed by atoms with van der Waals surface area (Å²) in [5, 5.41) is 5.88. The minimum atomic E-state index is -0.533. The molecule has 1 aliphatic carbocycles. The van der Waals surface area contributed by atoms with Crippen molar-refractivity contribution in [3.8, 4) is 0 Å². The van der Waals surface area contributed by atoms with E-state index < -0.39 is 12.1 Å². The van der Waals surface area contributed by atoms with Gasteiger partial charge in [-0.2, -0.15) is 0 Å². The van der Waals surface area contributed by atoms with E-state index in [9.17, 15) is 4.79 Å². The smallest absolute Gasteiger partial charge is 0.303 e. The summed E-state index contributed by atoms with van der Waals surface area (Å²) in [5.74, 6) is -0.382. The van der Waals surface area contributed by atoms with Crippen LogP contribution in [0.4, 0.5) is 0 Å². The Labute approximate surface area is 109 Å². The van der Waals surface area contributed by atoms with Crippen LogP contribution in [0.1, 0.15) is 30.2 Å². The number of carbonyl (C=O) groups excluding carboxylic acids is 1. The van der Waals surface area contributed by atoms with Crippen LogP contribution in [0, 0.1) is 0 Å². The second-order valence-corrected chi connectivity index (χ2v) is 4.47. The molecule has 0 saturated heterocycles. The second kappa shape index (κ2) is 4.30. The van der Waals surface area contributed by atoms with Crippen LogP contribution in [0.15, 0.2) is 41.5 Å². The average molecular weight is 253 g/mol. The van der Waals surface area contributed by atoms with Crippen LogP contribution in [0.25, 0.3) is 21.2 Å². The molecule has 5 nitrogen and oxygen atoms in total. The highest BCUT2D eigenvalue weighted by Gasteiger charge is 2.35. The molecule has 94 valence electrons. The Kier molecular flexibility index (Phi) is 2.62. The Morgan fingerprint density at radius 3 is 2.58 bits per heavy atom. The number of nitrogens with zero attached hydrogens (tertiary/aromatic N) is 3. The van der Waals surface area contributed by atoms with Gasteiger partial charge in [0.25, 0.3) is 0 Å². The van der Waals surface area contributed by atoms with E-state index in [0.717, 1.165) is 21.9 Å². The van der Waals surface area contributed by atoms with Gasteiger partial charge >= 0.3 is 5.97 Å². The van der Waals surface area contributed by atoms with Crippen molar-refractivity contribution in [2.45, 2.75) is 19.1 Å². The van der Waals surface area contributed by atoms with Crippen LogP contribution in [0.5, 0.6) is 0 Å². The highest BCUT2D eigenvalue weighted by atomic mass is 16.5. The normalized spacial score (nSPS) is 20.1. The summed E-state index contributed by atoms with van der Waals surface area (Å²) in [4.78, 5) is 14.1. The average Bonchev–Trinajstić information content (AvgIpc) is 2.68. The summed E-state index contributed by atoms with van der Waals surface area (Å²) in [7, 11) is 0. The van der Waals surface area contributed by atoms with Gasteiger partial charge in [0.15, 0.2) is 0 Å². The van der Waals surface area contributed by atoms with E-state index >= 15 is 0 Å². The van der Waals surface area contributed by atoms with Gasteiger partial charge in [-0.25, -0.2) is 0 Å². The van der Waals surface area contributed by atoms with Gasteiger partial charge in [-0.3, -0.25) is 4.79 Å². The molecule has 19 heavy (non-hydrogen) atoms. The lowest BCUT2D eigenvalue weighted by Gasteiger charge is -2.17. The molecule has 1 aliphatic rings. The van der Waals surface area contributed by atoms with E-state index in [0.29, 0.717) is 0 Å². The zero-order valence-electron chi connectivity index (χ0n) is 10.3. The molecule has 0 spiro atoms. The third-order valence-corrected chi connectivity index (χ3v) is 3.35. The Balaban J connectivity index is 2.26. The van der Waals surface area contributed by atoms with Crippen LogP contribution in [0.2, 0.25) is 0 Å². The van der Waals surface area contributed by atoms with Crippen LogP contribution >= 0.6 is 0 Å². The molecule has 0 amide bonds. The molecule has 0 aliphatic heterocycles. The molecule has 0 saturated carbocycles. The molecule has 0 unspecified atom stereocenters. The Morgan fingerprint density at radius 1 is 1.26 bits per heavy atom. The summed E-state index contributed by atoms with van der Waals surface area (Å²) in [6.07, 6.45) is -0.533. The number of benzene rings is 2.